The Morgan fingerprint density at radius 3 is 2.30 bits per heavy atom. The first-order valence-corrected chi connectivity index (χ1v) is 15.1. The molecule has 134 valence electrons. The largest absolute Gasteiger partial charge is 0.459 e. The van der Waals surface area contributed by atoms with Gasteiger partial charge in [-0.05, 0) is 50.6 Å². The van der Waals surface area contributed by atoms with Gasteiger partial charge in [0.2, 0.25) is 0 Å². The summed E-state index contributed by atoms with van der Waals surface area (Å²) in [5.74, 6) is -0.110. The van der Waals surface area contributed by atoms with Crippen LogP contribution in [0.3, 0.4) is 0 Å². The third-order valence-electron chi connectivity index (χ3n) is 5.45. The monoisotopic (exact) mass is 358 g/mol. The van der Waals surface area contributed by atoms with Crippen LogP contribution in [0.1, 0.15) is 46.5 Å². The fourth-order valence-corrected chi connectivity index (χ4v) is 6.33. The van der Waals surface area contributed by atoms with Gasteiger partial charge in [-0.3, -0.25) is 4.79 Å². The highest BCUT2D eigenvalue weighted by Crippen LogP contribution is 2.46. The first-order valence-electron chi connectivity index (χ1n) is 8.82. The van der Waals surface area contributed by atoms with E-state index in [1.807, 2.05) is 0 Å². The quantitative estimate of drug-likeness (QED) is 0.549. The van der Waals surface area contributed by atoms with Gasteiger partial charge in [-0.2, -0.15) is 0 Å². The molecule has 1 aliphatic carbocycles. The van der Waals surface area contributed by atoms with Crippen LogP contribution in [0.5, 0.6) is 0 Å². The van der Waals surface area contributed by atoms with Gasteiger partial charge in [-0.25, -0.2) is 0 Å². The summed E-state index contributed by atoms with van der Waals surface area (Å²) in [4.78, 5) is 11.9. The number of hydrogen-bond acceptors (Lipinski definition) is 4. The molecule has 0 spiro atoms. The van der Waals surface area contributed by atoms with Crippen molar-refractivity contribution >= 4 is 22.6 Å². The normalized spacial score (nSPS) is 32.6. The van der Waals surface area contributed by atoms with Crippen molar-refractivity contribution in [2.24, 2.45) is 0 Å². The maximum atomic E-state index is 11.9. The predicted octanol–water partition coefficient (Wildman–Crippen LogP) is 4.47. The Morgan fingerprint density at radius 2 is 1.78 bits per heavy atom. The summed E-state index contributed by atoms with van der Waals surface area (Å²) in [5, 5.41) is 0.197. The highest BCUT2D eigenvalue weighted by atomic mass is 28.4. The number of ether oxygens (including phenoxy) is 1. The van der Waals surface area contributed by atoms with E-state index in [0.717, 1.165) is 19.3 Å². The number of rotatable bonds is 4. The minimum absolute atomic E-state index is 0.110. The van der Waals surface area contributed by atoms with Crippen molar-refractivity contribution in [3.63, 3.8) is 0 Å². The Labute approximate surface area is 143 Å². The van der Waals surface area contributed by atoms with Gasteiger partial charge in [-0.1, -0.05) is 20.8 Å². The Hall–Kier alpha value is -0.176. The lowest BCUT2D eigenvalue weighted by Gasteiger charge is -2.46. The lowest BCUT2D eigenvalue weighted by molar-refractivity contribution is -0.145. The van der Waals surface area contributed by atoms with Crippen LogP contribution >= 0.6 is 0 Å². The van der Waals surface area contributed by atoms with Crippen molar-refractivity contribution in [1.82, 2.24) is 0 Å². The molecule has 0 aromatic rings. The molecule has 1 saturated heterocycles. The molecule has 0 amide bonds. The van der Waals surface area contributed by atoms with Crippen LogP contribution in [0.2, 0.25) is 37.8 Å². The van der Waals surface area contributed by atoms with Crippen LogP contribution in [0.4, 0.5) is 0 Å². The molecule has 6 heteroatoms. The summed E-state index contributed by atoms with van der Waals surface area (Å²) in [7, 11) is -3.53. The molecule has 1 aliphatic heterocycles. The molecule has 2 aliphatic rings. The lowest BCUT2D eigenvalue weighted by atomic mass is 9.80. The van der Waals surface area contributed by atoms with Crippen molar-refractivity contribution in [3.8, 4) is 0 Å². The van der Waals surface area contributed by atoms with Crippen LogP contribution < -0.4 is 0 Å². The van der Waals surface area contributed by atoms with Gasteiger partial charge >= 0.3 is 5.97 Å². The standard InChI is InChI=1S/C17H34O4Si2/c1-16(2,3)23(7,8)20-13-9-10-17(21-22(4,5)6)12-15(18)19-14(17)11-13/h13-14H,9-12H2,1-8H3/t13-,14+,17-/m1/s1. The van der Waals surface area contributed by atoms with Gasteiger partial charge < -0.3 is 13.6 Å². The molecule has 1 saturated carbocycles. The lowest BCUT2D eigenvalue weighted by Crippen LogP contribution is -2.54. The van der Waals surface area contributed by atoms with Crippen LogP contribution in [0, 0.1) is 0 Å². The van der Waals surface area contributed by atoms with Gasteiger partial charge in [-0.15, -0.1) is 0 Å². The van der Waals surface area contributed by atoms with Gasteiger partial charge in [0.25, 0.3) is 0 Å². The zero-order valence-electron chi connectivity index (χ0n) is 16.1. The van der Waals surface area contributed by atoms with E-state index in [4.69, 9.17) is 13.6 Å². The fourth-order valence-electron chi connectivity index (χ4n) is 3.40. The SMILES string of the molecule is CC(C)(C)[Si](C)(C)O[C@@H]1CC[C@@]2(O[Si](C)(C)C)CC(=O)O[C@H]2C1. The smallest absolute Gasteiger partial charge is 0.309 e. The van der Waals surface area contributed by atoms with Gasteiger partial charge in [0.15, 0.2) is 16.6 Å². The predicted molar refractivity (Wildman–Crippen MR) is 97.6 cm³/mol. The van der Waals surface area contributed by atoms with E-state index in [-0.39, 0.29) is 23.2 Å². The second-order valence-corrected chi connectivity index (χ2v) is 18.9. The number of fused-ring (bicyclic) bond motifs is 1. The number of esters is 1. The summed E-state index contributed by atoms with van der Waals surface area (Å²) in [6, 6.07) is 0. The Morgan fingerprint density at radius 1 is 1.17 bits per heavy atom. The third-order valence-corrected chi connectivity index (χ3v) is 11.0. The maximum absolute atomic E-state index is 11.9. The van der Waals surface area contributed by atoms with Crippen molar-refractivity contribution in [2.75, 3.05) is 0 Å². The van der Waals surface area contributed by atoms with Crippen molar-refractivity contribution < 1.29 is 18.4 Å². The first kappa shape index (κ1) is 19.2. The molecular weight excluding hydrogens is 324 g/mol. The minimum Gasteiger partial charge on any atom is -0.459 e. The molecule has 0 radical (unpaired) electrons. The zero-order chi connectivity index (χ0) is 17.7. The molecule has 2 rings (SSSR count). The Kier molecular flexibility index (Phi) is 4.97. The second kappa shape index (κ2) is 5.97. The number of hydrogen-bond donors (Lipinski definition) is 0. The van der Waals surface area contributed by atoms with Crippen LogP contribution in [0.15, 0.2) is 0 Å². The highest BCUT2D eigenvalue weighted by molar-refractivity contribution is 6.74. The topological polar surface area (TPSA) is 44.8 Å². The summed E-state index contributed by atoms with van der Waals surface area (Å²) in [5.41, 5.74) is -0.394. The van der Waals surface area contributed by atoms with Gasteiger partial charge in [0.05, 0.1) is 6.42 Å². The summed E-state index contributed by atoms with van der Waals surface area (Å²) >= 11 is 0. The van der Waals surface area contributed by atoms with E-state index >= 15 is 0 Å². The van der Waals surface area contributed by atoms with E-state index in [0.29, 0.717) is 6.42 Å². The van der Waals surface area contributed by atoms with Gasteiger partial charge in [0, 0.05) is 12.5 Å². The Bertz CT molecular complexity index is 464. The molecule has 0 N–H and O–H groups in total. The average Bonchev–Trinajstić information content (AvgIpc) is 2.59. The van der Waals surface area contributed by atoms with Crippen LogP contribution in [-0.2, 0) is 18.4 Å². The molecule has 23 heavy (non-hydrogen) atoms. The van der Waals surface area contributed by atoms with Crippen molar-refractivity contribution in [3.05, 3.63) is 0 Å². The minimum atomic E-state index is -1.80. The number of carbonyl (C=O) groups is 1. The van der Waals surface area contributed by atoms with E-state index in [1.54, 1.807) is 0 Å². The maximum Gasteiger partial charge on any atom is 0.309 e. The average molecular weight is 359 g/mol. The molecule has 4 nitrogen and oxygen atoms in total. The van der Waals surface area contributed by atoms with E-state index in [9.17, 15) is 4.79 Å². The first-order chi connectivity index (χ1) is 10.2. The molecule has 0 bridgehead atoms. The summed E-state index contributed by atoms with van der Waals surface area (Å²) in [6.45, 7) is 17.9. The molecule has 1 heterocycles. The zero-order valence-corrected chi connectivity index (χ0v) is 18.1. The van der Waals surface area contributed by atoms with Crippen molar-refractivity contribution in [2.45, 2.75) is 102 Å². The third kappa shape index (κ3) is 4.27. The molecule has 2 fully saturated rings. The molecule has 0 aromatic carbocycles. The molecule has 0 unspecified atom stereocenters. The van der Waals surface area contributed by atoms with Crippen LogP contribution in [0.25, 0.3) is 0 Å². The number of carbonyl (C=O) groups excluding carboxylic acids is 1. The van der Waals surface area contributed by atoms with Gasteiger partial charge in [0.1, 0.15) is 11.7 Å². The second-order valence-electron chi connectivity index (χ2n) is 9.71. The van der Waals surface area contributed by atoms with Crippen molar-refractivity contribution in [1.29, 1.82) is 0 Å². The molecule has 0 aromatic heterocycles. The Balaban J connectivity index is 2.10. The van der Waals surface area contributed by atoms with E-state index in [1.165, 1.54) is 0 Å². The molecular formula is C17H34O4Si2. The highest BCUT2D eigenvalue weighted by Gasteiger charge is 2.55. The van der Waals surface area contributed by atoms with E-state index < -0.39 is 22.2 Å². The summed E-state index contributed by atoms with van der Waals surface area (Å²) in [6.07, 6.45) is 3.07. The van der Waals surface area contributed by atoms with Crippen LogP contribution in [-0.4, -0.2) is 40.4 Å². The molecule has 3 atom stereocenters. The van der Waals surface area contributed by atoms with E-state index in [2.05, 4.69) is 53.5 Å². The fraction of sp³-hybridized carbons (Fsp3) is 0.941. The summed E-state index contributed by atoms with van der Waals surface area (Å²) < 4.78 is 18.7.